The van der Waals surface area contributed by atoms with Crippen LogP contribution in [0.2, 0.25) is 0 Å². The molecule has 1 atom stereocenters. The first kappa shape index (κ1) is 19.7. The lowest BCUT2D eigenvalue weighted by atomic mass is 10.1. The number of carbonyl (C=O) groups is 2. The van der Waals surface area contributed by atoms with Gasteiger partial charge in [-0.25, -0.2) is 0 Å². The molecule has 6 heteroatoms. The SMILES string of the molecule is COCCCN1CC(C(=O)N2CCN(c3cccc(C)c3C)CC2)CC1=O. The molecular formula is C21H31N3O3. The summed E-state index contributed by atoms with van der Waals surface area (Å²) in [7, 11) is 1.66. The summed E-state index contributed by atoms with van der Waals surface area (Å²) in [6.45, 7) is 9.29. The molecule has 148 valence electrons. The number of piperazine rings is 1. The molecule has 27 heavy (non-hydrogen) atoms. The van der Waals surface area contributed by atoms with Crippen LogP contribution in [0.5, 0.6) is 0 Å². The van der Waals surface area contributed by atoms with Crippen LogP contribution in [0.15, 0.2) is 18.2 Å². The van der Waals surface area contributed by atoms with Crippen molar-refractivity contribution in [1.82, 2.24) is 9.80 Å². The lowest BCUT2D eigenvalue weighted by molar-refractivity contribution is -0.136. The number of benzene rings is 1. The second-order valence-corrected chi connectivity index (χ2v) is 7.62. The number of nitrogens with zero attached hydrogens (tertiary/aromatic N) is 3. The number of hydrogen-bond acceptors (Lipinski definition) is 4. The topological polar surface area (TPSA) is 53.1 Å². The second kappa shape index (κ2) is 8.74. The van der Waals surface area contributed by atoms with Gasteiger partial charge in [-0.2, -0.15) is 0 Å². The van der Waals surface area contributed by atoms with E-state index in [-0.39, 0.29) is 17.7 Å². The largest absolute Gasteiger partial charge is 0.385 e. The highest BCUT2D eigenvalue weighted by molar-refractivity contribution is 5.89. The lowest BCUT2D eigenvalue weighted by Gasteiger charge is -2.38. The van der Waals surface area contributed by atoms with E-state index in [9.17, 15) is 9.59 Å². The average Bonchev–Trinajstić information content (AvgIpc) is 3.04. The number of likely N-dealkylation sites (tertiary alicyclic amines) is 1. The Hall–Kier alpha value is -2.08. The van der Waals surface area contributed by atoms with E-state index >= 15 is 0 Å². The first-order chi connectivity index (χ1) is 13.0. The van der Waals surface area contributed by atoms with Gasteiger partial charge in [0, 0.05) is 65.1 Å². The smallest absolute Gasteiger partial charge is 0.228 e. The molecule has 0 aliphatic carbocycles. The molecule has 0 radical (unpaired) electrons. The predicted molar refractivity (Wildman–Crippen MR) is 106 cm³/mol. The van der Waals surface area contributed by atoms with Gasteiger partial charge in [-0.3, -0.25) is 9.59 Å². The number of rotatable bonds is 6. The summed E-state index contributed by atoms with van der Waals surface area (Å²) in [5.41, 5.74) is 3.87. The van der Waals surface area contributed by atoms with Gasteiger partial charge in [-0.05, 0) is 37.5 Å². The van der Waals surface area contributed by atoms with Crippen LogP contribution in [0.1, 0.15) is 24.0 Å². The monoisotopic (exact) mass is 373 g/mol. The van der Waals surface area contributed by atoms with E-state index in [1.54, 1.807) is 7.11 Å². The molecule has 0 aromatic heterocycles. The summed E-state index contributed by atoms with van der Waals surface area (Å²) in [6, 6.07) is 6.39. The number of hydrogen-bond donors (Lipinski definition) is 0. The fraction of sp³-hybridized carbons (Fsp3) is 0.619. The quantitative estimate of drug-likeness (QED) is 0.714. The van der Waals surface area contributed by atoms with Crippen LogP contribution in [-0.2, 0) is 14.3 Å². The minimum absolute atomic E-state index is 0.0958. The zero-order valence-corrected chi connectivity index (χ0v) is 16.7. The number of aryl methyl sites for hydroxylation is 1. The molecule has 0 bridgehead atoms. The van der Waals surface area contributed by atoms with Crippen molar-refractivity contribution >= 4 is 17.5 Å². The minimum Gasteiger partial charge on any atom is -0.385 e. The third-order valence-electron chi connectivity index (χ3n) is 5.85. The highest BCUT2D eigenvalue weighted by Crippen LogP contribution is 2.25. The van der Waals surface area contributed by atoms with E-state index in [2.05, 4.69) is 36.9 Å². The van der Waals surface area contributed by atoms with Crippen LogP contribution >= 0.6 is 0 Å². The van der Waals surface area contributed by atoms with E-state index in [1.807, 2.05) is 9.80 Å². The number of methoxy groups -OCH3 is 1. The maximum atomic E-state index is 12.9. The highest BCUT2D eigenvalue weighted by Gasteiger charge is 2.37. The van der Waals surface area contributed by atoms with Crippen LogP contribution < -0.4 is 4.90 Å². The van der Waals surface area contributed by atoms with Gasteiger partial charge in [0.15, 0.2) is 0 Å². The van der Waals surface area contributed by atoms with Crippen molar-refractivity contribution < 1.29 is 14.3 Å². The van der Waals surface area contributed by atoms with Crippen molar-refractivity contribution in [1.29, 1.82) is 0 Å². The average molecular weight is 373 g/mol. The van der Waals surface area contributed by atoms with E-state index in [4.69, 9.17) is 4.74 Å². The molecule has 2 aliphatic rings. The molecule has 2 fully saturated rings. The normalized spacial score (nSPS) is 20.5. The molecule has 1 unspecified atom stereocenters. The first-order valence-electron chi connectivity index (χ1n) is 9.88. The third kappa shape index (κ3) is 4.43. The zero-order valence-electron chi connectivity index (χ0n) is 16.7. The first-order valence-corrected chi connectivity index (χ1v) is 9.88. The van der Waals surface area contributed by atoms with Gasteiger partial charge in [-0.15, -0.1) is 0 Å². The summed E-state index contributed by atoms with van der Waals surface area (Å²) >= 11 is 0. The Morgan fingerprint density at radius 1 is 1.19 bits per heavy atom. The Kier molecular flexibility index (Phi) is 6.37. The molecule has 2 amide bonds. The van der Waals surface area contributed by atoms with E-state index in [0.29, 0.717) is 26.1 Å². The van der Waals surface area contributed by atoms with Crippen molar-refractivity contribution in [2.75, 3.05) is 57.9 Å². The number of amides is 2. The van der Waals surface area contributed by atoms with Gasteiger partial charge < -0.3 is 19.4 Å². The third-order valence-corrected chi connectivity index (χ3v) is 5.85. The molecule has 1 aromatic carbocycles. The van der Waals surface area contributed by atoms with Crippen LogP contribution in [-0.4, -0.2) is 74.6 Å². The lowest BCUT2D eigenvalue weighted by Crippen LogP contribution is -2.51. The molecule has 0 saturated carbocycles. The maximum absolute atomic E-state index is 12.9. The van der Waals surface area contributed by atoms with Gasteiger partial charge in [-0.1, -0.05) is 12.1 Å². The van der Waals surface area contributed by atoms with Crippen molar-refractivity contribution in [3.05, 3.63) is 29.3 Å². The molecule has 2 saturated heterocycles. The van der Waals surface area contributed by atoms with Gasteiger partial charge in [0.05, 0.1) is 5.92 Å². The second-order valence-electron chi connectivity index (χ2n) is 7.62. The summed E-state index contributed by atoms with van der Waals surface area (Å²) in [5.74, 6) is 0.0454. The van der Waals surface area contributed by atoms with Crippen LogP contribution in [0.3, 0.4) is 0 Å². The minimum atomic E-state index is -0.188. The Bertz CT molecular complexity index is 683. The summed E-state index contributed by atoms with van der Waals surface area (Å²) < 4.78 is 5.05. The molecule has 6 nitrogen and oxygen atoms in total. The van der Waals surface area contributed by atoms with Crippen LogP contribution in [0, 0.1) is 19.8 Å². The fourth-order valence-electron chi connectivity index (χ4n) is 4.06. The van der Waals surface area contributed by atoms with Crippen LogP contribution in [0.4, 0.5) is 5.69 Å². The number of ether oxygens (including phenoxy) is 1. The Morgan fingerprint density at radius 2 is 1.93 bits per heavy atom. The molecule has 3 rings (SSSR count). The standard InChI is InChI=1S/C21H31N3O3/c1-16-6-4-7-19(17(16)2)22-9-11-23(12-10-22)21(26)18-14-20(25)24(15-18)8-5-13-27-3/h4,6-7,18H,5,8-15H2,1-3H3. The molecule has 0 N–H and O–H groups in total. The van der Waals surface area contributed by atoms with Crippen molar-refractivity contribution in [2.24, 2.45) is 5.92 Å². The molecule has 1 aromatic rings. The van der Waals surface area contributed by atoms with E-state index in [1.165, 1.54) is 16.8 Å². The van der Waals surface area contributed by atoms with Crippen molar-refractivity contribution in [2.45, 2.75) is 26.7 Å². The van der Waals surface area contributed by atoms with Crippen molar-refractivity contribution in [3.8, 4) is 0 Å². The summed E-state index contributed by atoms with van der Waals surface area (Å²) in [5, 5.41) is 0. The van der Waals surface area contributed by atoms with Crippen LogP contribution in [0.25, 0.3) is 0 Å². The highest BCUT2D eigenvalue weighted by atomic mass is 16.5. The molecular weight excluding hydrogens is 342 g/mol. The van der Waals surface area contributed by atoms with Gasteiger partial charge in [0.1, 0.15) is 0 Å². The van der Waals surface area contributed by atoms with E-state index < -0.39 is 0 Å². The zero-order chi connectivity index (χ0) is 19.4. The van der Waals surface area contributed by atoms with E-state index in [0.717, 1.165) is 32.6 Å². The predicted octanol–water partition coefficient (Wildman–Crippen LogP) is 1.84. The maximum Gasteiger partial charge on any atom is 0.228 e. The Balaban J connectivity index is 1.53. The summed E-state index contributed by atoms with van der Waals surface area (Å²) in [6.07, 6.45) is 1.17. The number of carbonyl (C=O) groups excluding carboxylic acids is 2. The molecule has 2 heterocycles. The number of anilines is 1. The summed E-state index contributed by atoms with van der Waals surface area (Å²) in [4.78, 5) is 31.2. The van der Waals surface area contributed by atoms with Gasteiger partial charge >= 0.3 is 0 Å². The molecule has 2 aliphatic heterocycles. The van der Waals surface area contributed by atoms with Gasteiger partial charge in [0.2, 0.25) is 11.8 Å². The Morgan fingerprint density at radius 3 is 2.63 bits per heavy atom. The van der Waals surface area contributed by atoms with Crippen molar-refractivity contribution in [3.63, 3.8) is 0 Å². The van der Waals surface area contributed by atoms with Gasteiger partial charge in [0.25, 0.3) is 0 Å². The molecule has 0 spiro atoms. The Labute approximate surface area is 162 Å². The fourth-order valence-corrected chi connectivity index (χ4v) is 4.06.